The minimum absolute atomic E-state index is 0.108. The predicted molar refractivity (Wildman–Crippen MR) is 90.3 cm³/mol. The third kappa shape index (κ3) is 3.39. The van der Waals surface area contributed by atoms with Crippen molar-refractivity contribution in [1.82, 2.24) is 4.72 Å². The Kier molecular flexibility index (Phi) is 4.66. The van der Waals surface area contributed by atoms with E-state index < -0.39 is 38.1 Å². The summed E-state index contributed by atoms with van der Waals surface area (Å²) < 4.78 is 45.5. The first kappa shape index (κ1) is 17.9. The van der Waals surface area contributed by atoms with Gasteiger partial charge >= 0.3 is 0 Å². The van der Waals surface area contributed by atoms with Crippen LogP contribution >= 0.6 is 0 Å². The zero-order chi connectivity index (χ0) is 18.9. The van der Waals surface area contributed by atoms with Crippen molar-refractivity contribution in [1.29, 1.82) is 5.26 Å². The highest BCUT2D eigenvalue weighted by Gasteiger charge is 2.45. The van der Waals surface area contributed by atoms with Gasteiger partial charge in [0.15, 0.2) is 0 Å². The van der Waals surface area contributed by atoms with E-state index >= 15 is 0 Å². The van der Waals surface area contributed by atoms with Crippen LogP contribution in [0.25, 0.3) is 0 Å². The molecule has 1 saturated carbocycles. The fourth-order valence-corrected chi connectivity index (χ4v) is 4.02. The van der Waals surface area contributed by atoms with Crippen molar-refractivity contribution in [2.24, 2.45) is 5.92 Å². The second-order valence-electron chi connectivity index (χ2n) is 5.92. The summed E-state index contributed by atoms with van der Waals surface area (Å²) in [7, 11) is -2.80. The molecule has 26 heavy (non-hydrogen) atoms. The van der Waals surface area contributed by atoms with Crippen LogP contribution in [0.5, 0.6) is 5.75 Å². The lowest BCUT2D eigenvalue weighted by atomic mass is 10.1. The van der Waals surface area contributed by atoms with Crippen LogP contribution in [0.1, 0.15) is 23.5 Å². The molecular formula is C18H15FN2O4S. The molecule has 0 saturated heterocycles. The molecule has 3 rings (SSSR count). The number of nitrogens with zero attached hydrogens (tertiary/aromatic N) is 1. The average molecular weight is 374 g/mol. The maximum atomic E-state index is 13.6. The van der Waals surface area contributed by atoms with Crippen LogP contribution in [0.4, 0.5) is 4.39 Å². The summed E-state index contributed by atoms with van der Waals surface area (Å²) in [5.74, 6) is -1.59. The number of nitriles is 1. The van der Waals surface area contributed by atoms with Gasteiger partial charge in [0.05, 0.1) is 7.11 Å². The molecule has 0 aromatic heterocycles. The Morgan fingerprint density at radius 2 is 2.04 bits per heavy atom. The second kappa shape index (κ2) is 6.77. The number of sulfonamides is 1. The predicted octanol–water partition coefficient (Wildman–Crippen LogP) is 2.31. The zero-order valence-electron chi connectivity index (χ0n) is 13.8. The molecule has 0 bridgehead atoms. The molecule has 6 nitrogen and oxygen atoms in total. The molecule has 1 aliphatic rings. The zero-order valence-corrected chi connectivity index (χ0v) is 14.6. The molecule has 2 aromatic rings. The maximum Gasteiger partial charge on any atom is 0.265 e. The Bertz CT molecular complexity index is 1010. The third-order valence-electron chi connectivity index (χ3n) is 4.26. The first-order valence-corrected chi connectivity index (χ1v) is 9.25. The van der Waals surface area contributed by atoms with E-state index in [2.05, 4.69) is 0 Å². The first-order chi connectivity index (χ1) is 12.4. The highest BCUT2D eigenvalue weighted by Crippen LogP contribution is 2.48. The number of halogens is 1. The molecule has 0 radical (unpaired) electrons. The van der Waals surface area contributed by atoms with E-state index in [1.165, 1.54) is 19.2 Å². The van der Waals surface area contributed by atoms with E-state index in [4.69, 9.17) is 10.00 Å². The highest BCUT2D eigenvalue weighted by atomic mass is 32.2. The number of carbonyl (C=O) groups excluding carboxylic acids is 1. The number of ether oxygens (including phenoxy) is 1. The quantitative estimate of drug-likeness (QED) is 0.866. The molecule has 0 unspecified atom stereocenters. The molecular weight excluding hydrogens is 359 g/mol. The molecule has 1 N–H and O–H groups in total. The van der Waals surface area contributed by atoms with E-state index in [1.807, 2.05) is 10.8 Å². The van der Waals surface area contributed by atoms with Crippen molar-refractivity contribution in [2.75, 3.05) is 7.11 Å². The van der Waals surface area contributed by atoms with E-state index in [0.717, 1.165) is 17.7 Å². The first-order valence-electron chi connectivity index (χ1n) is 7.76. The third-order valence-corrected chi connectivity index (χ3v) is 5.65. The van der Waals surface area contributed by atoms with Crippen molar-refractivity contribution < 1.29 is 22.3 Å². The number of hydrogen-bond acceptors (Lipinski definition) is 5. The summed E-state index contributed by atoms with van der Waals surface area (Å²) in [5, 5.41) is 8.98. The highest BCUT2D eigenvalue weighted by molar-refractivity contribution is 7.90. The van der Waals surface area contributed by atoms with E-state index in [9.17, 15) is 17.6 Å². The van der Waals surface area contributed by atoms with Crippen LogP contribution in [0, 0.1) is 23.1 Å². The monoisotopic (exact) mass is 374 g/mol. The SMILES string of the molecule is COc1cccc([C@H]2C[C@@H]2C(=O)NS(=O)(=O)c2cccc(F)c2C#N)c1. The minimum Gasteiger partial charge on any atom is -0.497 e. The summed E-state index contributed by atoms with van der Waals surface area (Å²) >= 11 is 0. The van der Waals surface area contributed by atoms with Gasteiger partial charge in [0, 0.05) is 5.92 Å². The summed E-state index contributed by atoms with van der Waals surface area (Å²) in [6, 6.07) is 12.0. The standard InChI is InChI=1S/C18H15FN2O4S/c1-25-12-5-2-4-11(8-12)13-9-14(13)18(22)21-26(23,24)17-7-3-6-16(19)15(17)10-20/h2-8,13-14H,9H2,1H3,(H,21,22)/t13-,14+/m1/s1. The van der Waals surface area contributed by atoms with Crippen molar-refractivity contribution in [3.63, 3.8) is 0 Å². The Morgan fingerprint density at radius 1 is 1.31 bits per heavy atom. The molecule has 0 aliphatic heterocycles. The van der Waals surface area contributed by atoms with Crippen LogP contribution in [0.15, 0.2) is 47.4 Å². The maximum absolute atomic E-state index is 13.6. The van der Waals surface area contributed by atoms with E-state index in [-0.39, 0.29) is 5.92 Å². The van der Waals surface area contributed by atoms with Gasteiger partial charge in [-0.05, 0) is 42.2 Å². The fraction of sp³-hybridized carbons (Fsp3) is 0.222. The van der Waals surface area contributed by atoms with Gasteiger partial charge in [0.25, 0.3) is 10.0 Å². The average Bonchev–Trinajstić information content (AvgIpc) is 3.42. The van der Waals surface area contributed by atoms with Gasteiger partial charge in [0.1, 0.15) is 28.1 Å². The number of benzene rings is 2. The summed E-state index contributed by atoms with van der Waals surface area (Å²) in [6.45, 7) is 0. The minimum atomic E-state index is -4.33. The van der Waals surface area contributed by atoms with Crippen LogP contribution < -0.4 is 9.46 Å². The Balaban J connectivity index is 1.77. The number of amides is 1. The van der Waals surface area contributed by atoms with Crippen LogP contribution in [0.2, 0.25) is 0 Å². The van der Waals surface area contributed by atoms with Crippen LogP contribution in [-0.4, -0.2) is 21.4 Å². The largest absolute Gasteiger partial charge is 0.497 e. The Labute approximate surface area is 150 Å². The number of rotatable bonds is 5. The molecule has 2 aromatic carbocycles. The number of hydrogen-bond donors (Lipinski definition) is 1. The molecule has 1 aliphatic carbocycles. The molecule has 1 amide bonds. The van der Waals surface area contributed by atoms with Crippen molar-refractivity contribution in [2.45, 2.75) is 17.2 Å². The molecule has 1 fully saturated rings. The topological polar surface area (TPSA) is 96.3 Å². The summed E-state index contributed by atoms with van der Waals surface area (Å²) in [5.41, 5.74) is 0.262. The van der Waals surface area contributed by atoms with Gasteiger partial charge in [-0.3, -0.25) is 4.79 Å². The lowest BCUT2D eigenvalue weighted by molar-refractivity contribution is -0.120. The lowest BCUT2D eigenvalue weighted by Crippen LogP contribution is -2.32. The van der Waals surface area contributed by atoms with Gasteiger partial charge in [-0.2, -0.15) is 5.26 Å². The molecule has 2 atom stereocenters. The number of nitrogens with one attached hydrogen (secondary N) is 1. The van der Waals surface area contributed by atoms with Gasteiger partial charge in [0.2, 0.25) is 5.91 Å². The van der Waals surface area contributed by atoms with Gasteiger partial charge < -0.3 is 4.74 Å². The normalized spacial score (nSPS) is 18.7. The molecule has 8 heteroatoms. The number of methoxy groups -OCH3 is 1. The lowest BCUT2D eigenvalue weighted by Gasteiger charge is -2.09. The Morgan fingerprint density at radius 3 is 2.73 bits per heavy atom. The van der Waals surface area contributed by atoms with Gasteiger partial charge in [-0.15, -0.1) is 0 Å². The molecule has 134 valence electrons. The van der Waals surface area contributed by atoms with Gasteiger partial charge in [-0.25, -0.2) is 17.5 Å². The van der Waals surface area contributed by atoms with Crippen molar-refractivity contribution in [3.8, 4) is 11.8 Å². The summed E-state index contributed by atoms with van der Waals surface area (Å²) in [6.07, 6.45) is 0.503. The van der Waals surface area contributed by atoms with E-state index in [1.54, 1.807) is 18.2 Å². The molecule has 0 heterocycles. The summed E-state index contributed by atoms with van der Waals surface area (Å²) in [4.78, 5) is 11.8. The molecule has 0 spiro atoms. The van der Waals surface area contributed by atoms with Crippen LogP contribution in [-0.2, 0) is 14.8 Å². The van der Waals surface area contributed by atoms with Crippen LogP contribution in [0.3, 0.4) is 0 Å². The second-order valence-corrected chi connectivity index (χ2v) is 7.57. The Hall–Kier alpha value is -2.92. The van der Waals surface area contributed by atoms with E-state index in [0.29, 0.717) is 12.2 Å². The van der Waals surface area contributed by atoms with Crippen molar-refractivity contribution in [3.05, 3.63) is 59.4 Å². The number of carbonyl (C=O) groups is 1. The fourth-order valence-electron chi connectivity index (χ4n) is 2.83. The smallest absolute Gasteiger partial charge is 0.265 e. The van der Waals surface area contributed by atoms with Gasteiger partial charge in [-0.1, -0.05) is 18.2 Å². The van der Waals surface area contributed by atoms with Crippen molar-refractivity contribution >= 4 is 15.9 Å².